The van der Waals surface area contributed by atoms with E-state index in [1.165, 1.54) is 34.0 Å². The molecule has 2 aromatic rings. The Morgan fingerprint density at radius 1 is 0.451 bits per heavy atom. The standard InChI is InChI=1S/C38H66N8O19P2S3.C38H64N8O13S3.CH4.Cl4O3P2/c39-35-25(22-46(38(52)45-35)36-33(50)34(65-67(56,57)58)27(64-36)23-63-66(53,54)55)4-3-9-40-31(49)8-20-69-70-21-11-42-30(48)7-12-59-14-16-61-18-19-62-17-15-60-13-10-41-29(47)6-2-1-5-28-32-26(24-68-28)43-37(51)44-32;39-35-25(22-46(38(54)45-35)36-34(52)33(51)27(23-47)59-36)4-3-9-40-31(50)8-20-61-62-21-11-42-30(49)7-12-55-14-16-57-18-19-58-17-15-56-13-10-41-29(48)6-2-1-5-28-32-26(24-60-28)43-37(53)44-32;;1-8(2,5)7-9(3,4)6/h22,26-28,32-34,36,50H,1-21,23-24H2,(H,40,49)(H,41,47)(H,42,48)(H2,39,45,52)(H2,43,44,51)(H2,53,54,55)(H2,56,57,58);22,26-28,32-34,36,47,51-52H,1-21,23-24H2,(H,40,50)(H,41,48)(H,42,49)(H2,39,45,54)(H2,43,44,53);1H4;/t26-,27+,28-,32-,33-,34?,36+;26-,27+,28-,32-,33?,34-,36+;;/m00../s1. The summed E-state index contributed by atoms with van der Waals surface area (Å²) in [5, 5.41) is 70.1. The van der Waals surface area contributed by atoms with Crippen molar-refractivity contribution in [2.75, 3.05) is 204 Å². The Balaban J connectivity index is 0.000000459. The van der Waals surface area contributed by atoms with Gasteiger partial charge in [-0.3, -0.25) is 56.1 Å². The van der Waals surface area contributed by atoms with Crippen LogP contribution in [0.15, 0.2) is 22.0 Å². The van der Waals surface area contributed by atoms with Crippen molar-refractivity contribution in [1.82, 2.24) is 72.3 Å². The van der Waals surface area contributed by atoms with Gasteiger partial charge in [-0.15, -0.1) is 0 Å². The number of hydrogen-bond acceptors (Lipinski definition) is 41. The molecule has 6 aliphatic heterocycles. The quantitative estimate of drug-likeness (QED) is 0.0196. The fourth-order valence-electron chi connectivity index (χ4n) is 14.0. The number of rotatable bonds is 72. The first-order valence-corrected chi connectivity index (χ1v) is 62.1. The Bertz CT molecular complexity index is 4440. The molecular weight excluding hydrogens is 2170 g/mol. The van der Waals surface area contributed by atoms with Crippen LogP contribution in [0.1, 0.15) is 121 Å². The molecule has 6 fully saturated rings. The lowest BCUT2D eigenvalue weighted by Crippen LogP contribution is -2.38. The summed E-state index contributed by atoms with van der Waals surface area (Å²) in [6.45, 7) is 7.00. The molecule has 65 heteroatoms. The van der Waals surface area contributed by atoms with Gasteiger partial charge in [0, 0.05) is 146 Å². The van der Waals surface area contributed by atoms with E-state index in [0.717, 1.165) is 59.2 Å². The molecule has 0 saturated carbocycles. The Hall–Kier alpha value is -3.94. The second-order valence-corrected chi connectivity index (χ2v) is 50.5. The third kappa shape index (κ3) is 54.7. The number of aliphatic hydroxyl groups is 4. The number of amides is 10. The van der Waals surface area contributed by atoms with E-state index < -0.39 is 101 Å². The van der Waals surface area contributed by atoms with Crippen LogP contribution < -0.4 is 76.0 Å². The lowest BCUT2D eigenvalue weighted by molar-refractivity contribution is -0.123. The Morgan fingerprint density at radius 2 is 0.803 bits per heavy atom. The Morgan fingerprint density at radius 3 is 1.18 bits per heavy atom. The van der Waals surface area contributed by atoms with Crippen LogP contribution in [-0.4, -0.2) is 371 Å². The number of ether oxygens (including phenoxy) is 10. The first kappa shape index (κ1) is 129. The average molecular weight is 2300 g/mol. The van der Waals surface area contributed by atoms with E-state index in [1.807, 2.05) is 23.5 Å². The maximum absolute atomic E-state index is 12.7. The van der Waals surface area contributed by atoms with Crippen LogP contribution in [0.5, 0.6) is 0 Å². The Labute approximate surface area is 864 Å². The highest BCUT2D eigenvalue weighted by Gasteiger charge is 2.51. The number of fused-ring (bicyclic) bond motifs is 2. The predicted molar refractivity (Wildman–Crippen MR) is 538 cm³/mol. The Kier molecular flexibility index (Phi) is 64.2. The summed E-state index contributed by atoms with van der Waals surface area (Å²) in [6.07, 6.45) is -8.28. The van der Waals surface area contributed by atoms with E-state index in [-0.39, 0.29) is 136 Å². The monoisotopic (exact) mass is 2300 g/mol. The third-order valence-corrected chi connectivity index (χ3v) is 33.3. The number of nitrogens with one attached hydrogen (secondary N) is 10. The van der Waals surface area contributed by atoms with Gasteiger partial charge in [-0.1, -0.05) is 63.4 Å². The minimum Gasteiger partial charge on any atom is -0.394 e. The lowest BCUT2D eigenvalue weighted by Gasteiger charge is -2.21. The normalized spacial score (nSPS) is 21.8. The number of nitrogens with two attached hydrogens (primary N) is 2. The van der Waals surface area contributed by atoms with Gasteiger partial charge in [-0.25, -0.2) is 32.6 Å². The summed E-state index contributed by atoms with van der Waals surface area (Å²) < 4.78 is 112. The number of aryl methyl sites for hydroxylation is 2. The number of phosphoric acid groups is 2. The molecule has 51 nitrogen and oxygen atoms in total. The molecule has 22 N–H and O–H groups in total. The number of anilines is 2. The van der Waals surface area contributed by atoms with E-state index in [0.29, 0.717) is 208 Å². The summed E-state index contributed by atoms with van der Waals surface area (Å²) in [5.74, 6) is 3.65. The largest absolute Gasteiger partial charge is 0.470 e. The number of nitrogen functional groups attached to an aromatic ring is 2. The van der Waals surface area contributed by atoms with Crippen molar-refractivity contribution in [1.29, 1.82) is 0 Å². The van der Waals surface area contributed by atoms with E-state index in [2.05, 4.69) is 76.5 Å². The molecule has 10 amide bonds. The molecule has 6 saturated heterocycles. The minimum atomic E-state index is -5.24. The molecule has 2 unspecified atom stereocenters. The van der Waals surface area contributed by atoms with Crippen molar-refractivity contribution in [3.63, 3.8) is 0 Å². The van der Waals surface area contributed by atoms with Crippen LogP contribution in [0.25, 0.3) is 0 Å². The fourth-order valence-corrected chi connectivity index (χ4v) is 26.9. The molecule has 2 aromatic heterocycles. The molecule has 0 aliphatic carbocycles. The van der Waals surface area contributed by atoms with Gasteiger partial charge in [-0.05, 0) is 96.3 Å². The average Bonchev–Trinajstić information content (AvgIpc) is 1.63. The molecular formula is C77H134Cl4N16O35P4S6. The van der Waals surface area contributed by atoms with Crippen molar-refractivity contribution < 1.29 is 157 Å². The van der Waals surface area contributed by atoms with Crippen LogP contribution in [0.2, 0.25) is 0 Å². The highest BCUT2D eigenvalue weighted by molar-refractivity contribution is 8.77. The molecule has 0 radical (unpaired) electrons. The van der Waals surface area contributed by atoms with Crippen LogP contribution in [-0.2, 0) is 121 Å². The number of urea groups is 2. The summed E-state index contributed by atoms with van der Waals surface area (Å²) in [7, 11) is -4.20. The third-order valence-electron chi connectivity index (χ3n) is 20.7. The number of aromatic nitrogens is 4. The number of halogens is 4. The van der Waals surface area contributed by atoms with Crippen molar-refractivity contribution in [3.05, 3.63) is 44.5 Å². The molecule has 8 rings (SSSR count). The van der Waals surface area contributed by atoms with E-state index in [9.17, 15) is 96.4 Å². The van der Waals surface area contributed by atoms with Crippen molar-refractivity contribution in [2.45, 2.75) is 194 Å². The number of nitrogens with zero attached hydrogens (tertiary/aromatic N) is 4. The molecule has 0 bridgehead atoms. The minimum absolute atomic E-state index is 0. The van der Waals surface area contributed by atoms with Gasteiger partial charge in [-0.2, -0.15) is 33.5 Å². The summed E-state index contributed by atoms with van der Waals surface area (Å²) >= 11 is 22.9. The number of unbranched alkanes of at least 4 members (excludes halogenated alkanes) is 2. The zero-order valence-corrected chi connectivity index (χ0v) is 88.6. The summed E-state index contributed by atoms with van der Waals surface area (Å²) in [4.78, 5) is 165. The number of thioether (sulfide) groups is 2. The zero-order valence-electron chi connectivity index (χ0n) is 77.1. The van der Waals surface area contributed by atoms with E-state index in [4.69, 9.17) is 114 Å². The van der Waals surface area contributed by atoms with Gasteiger partial charge in [0.15, 0.2) is 12.5 Å². The highest BCUT2D eigenvalue weighted by atomic mass is 35.9. The molecule has 0 aromatic carbocycles. The topological polar surface area (TPSA) is 729 Å². The van der Waals surface area contributed by atoms with Crippen molar-refractivity contribution in [2.24, 2.45) is 0 Å². The second kappa shape index (κ2) is 71.0. The van der Waals surface area contributed by atoms with Crippen molar-refractivity contribution >= 4 is 199 Å². The highest BCUT2D eigenvalue weighted by Crippen LogP contribution is 2.74. The molecule has 0 spiro atoms. The maximum Gasteiger partial charge on any atom is 0.470 e. The van der Waals surface area contributed by atoms with Gasteiger partial charge < -0.3 is 152 Å². The lowest BCUT2D eigenvalue weighted by atomic mass is 10.0. The van der Waals surface area contributed by atoms with E-state index >= 15 is 0 Å². The first-order valence-electron chi connectivity index (χ1n) is 45.1. The van der Waals surface area contributed by atoms with Gasteiger partial charge in [0.2, 0.25) is 35.4 Å². The molecule has 142 heavy (non-hydrogen) atoms. The summed E-state index contributed by atoms with van der Waals surface area (Å²) in [5.41, 5.74) is 10.9. The summed E-state index contributed by atoms with van der Waals surface area (Å²) in [6, 6.07) is 0.676. The SMILES string of the molecule is C.Nc1nc(=O)n([C@@H]2O[C@H](CO)C(O)[C@@H]2O)cc1CCCNC(=O)CCSSCCNC(=O)CCOCCOCCOCCOCCNC(=O)CCCC[C@@H]1SC[C@@H]2NC(=O)N[C@@H]21.Nc1nc(=O)n([C@@H]2O[C@H](COP(=O)(O)O)C(OP(=O)(O)O)[C@@H]2O)cc1CCCNC(=O)CCSSCCNC(=O)CCOCCOCCOCCOCCNC(=O)CCCC[C@@H]1SC[C@@H]2NC(=O)N[C@@H]21.O=P(Cl)(Cl)OP(=O)(Cl)Cl. The number of phosphoric ester groups is 2. The first-order chi connectivity index (χ1) is 67.2. The van der Waals surface area contributed by atoms with Crippen LogP contribution >= 0.6 is 139 Å². The molecule has 14 atom stereocenters. The van der Waals surface area contributed by atoms with E-state index in [1.54, 1.807) is 21.6 Å². The van der Waals surface area contributed by atoms with Crippen molar-refractivity contribution in [3.8, 4) is 0 Å². The number of hydrogen-bond donors (Lipinski definition) is 20. The molecule has 8 heterocycles. The maximum atomic E-state index is 12.7. The van der Waals surface area contributed by atoms with Gasteiger partial charge in [0.1, 0.15) is 48.3 Å². The fraction of sp³-hybridized carbons (Fsp3) is 0.792. The molecule has 6 aliphatic rings. The molecule has 816 valence electrons. The number of carbonyl (C=O) groups excluding carboxylic acids is 8. The van der Waals surface area contributed by atoms with Gasteiger partial charge in [0.05, 0.1) is 143 Å². The van der Waals surface area contributed by atoms with Crippen LogP contribution in [0, 0.1) is 0 Å². The van der Waals surface area contributed by atoms with Crippen LogP contribution in [0.4, 0.5) is 21.2 Å². The van der Waals surface area contributed by atoms with Gasteiger partial charge >= 0.3 is 51.2 Å². The smallest absolute Gasteiger partial charge is 0.394 e. The number of aliphatic hydroxyl groups excluding tert-OH is 4. The van der Waals surface area contributed by atoms with Gasteiger partial charge in [0.25, 0.3) is 0 Å². The zero-order chi connectivity index (χ0) is 103. The predicted octanol–water partition coefficient (Wildman–Crippen LogP) is 2.39. The van der Waals surface area contributed by atoms with Crippen LogP contribution in [0.3, 0.4) is 0 Å². The number of carbonyl (C=O) groups is 8. The second-order valence-electron chi connectivity index (χ2n) is 31.5.